The number of hydrogen-bond acceptors (Lipinski definition) is 3. The quantitative estimate of drug-likeness (QED) is 0.732. The summed E-state index contributed by atoms with van der Waals surface area (Å²) in [7, 11) is 0. The van der Waals surface area contributed by atoms with Crippen molar-refractivity contribution in [3.05, 3.63) is 53.3 Å². The Morgan fingerprint density at radius 2 is 1.80 bits per heavy atom. The smallest absolute Gasteiger partial charge is 0.162 e. The molecule has 3 rings (SSSR count). The number of benzene rings is 2. The van der Waals surface area contributed by atoms with Crippen molar-refractivity contribution in [2.45, 2.75) is 13.8 Å². The van der Waals surface area contributed by atoms with E-state index in [9.17, 15) is 4.39 Å². The minimum Gasteiger partial charge on any atom is -0.383 e. The molecule has 0 unspecified atom stereocenters. The van der Waals surface area contributed by atoms with Gasteiger partial charge in [0.15, 0.2) is 5.82 Å². The molecule has 3 aromatic rings. The minimum atomic E-state index is -0.238. The number of aromatic nitrogens is 2. The van der Waals surface area contributed by atoms with Crippen LogP contribution in [0.2, 0.25) is 0 Å². The molecule has 1 aromatic heterocycles. The molecule has 0 saturated heterocycles. The molecule has 4 heteroatoms. The number of anilines is 1. The lowest BCUT2D eigenvalue weighted by molar-refractivity contribution is 0.618. The van der Waals surface area contributed by atoms with Crippen molar-refractivity contribution in [2.75, 3.05) is 5.73 Å². The Kier molecular flexibility index (Phi) is 2.86. The first-order chi connectivity index (χ1) is 9.54. The third-order valence-corrected chi connectivity index (χ3v) is 3.30. The van der Waals surface area contributed by atoms with Crippen molar-refractivity contribution in [3.8, 4) is 11.4 Å². The summed E-state index contributed by atoms with van der Waals surface area (Å²) in [6, 6.07) is 10.7. The van der Waals surface area contributed by atoms with Crippen LogP contribution in [0.3, 0.4) is 0 Å². The number of halogens is 1. The van der Waals surface area contributed by atoms with Gasteiger partial charge in [-0.15, -0.1) is 0 Å². The number of fused-ring (bicyclic) bond motifs is 1. The van der Waals surface area contributed by atoms with Gasteiger partial charge >= 0.3 is 0 Å². The van der Waals surface area contributed by atoms with Crippen LogP contribution in [0.25, 0.3) is 22.3 Å². The van der Waals surface area contributed by atoms with E-state index in [0.29, 0.717) is 17.2 Å². The number of nitrogens with two attached hydrogens (primary N) is 1. The molecule has 0 spiro atoms. The van der Waals surface area contributed by atoms with E-state index in [1.807, 2.05) is 25.1 Å². The van der Waals surface area contributed by atoms with Crippen molar-refractivity contribution >= 4 is 16.7 Å². The molecule has 2 N–H and O–H groups in total. The highest BCUT2D eigenvalue weighted by molar-refractivity contribution is 5.90. The monoisotopic (exact) mass is 267 g/mol. The molecule has 100 valence electrons. The van der Waals surface area contributed by atoms with Crippen LogP contribution in [-0.4, -0.2) is 9.97 Å². The Bertz CT molecular complexity index is 812. The van der Waals surface area contributed by atoms with Gasteiger partial charge in [0, 0.05) is 10.9 Å². The zero-order valence-corrected chi connectivity index (χ0v) is 11.3. The zero-order valence-electron chi connectivity index (χ0n) is 11.3. The third kappa shape index (κ3) is 2.09. The summed E-state index contributed by atoms with van der Waals surface area (Å²) in [6.45, 7) is 3.71. The average molecular weight is 267 g/mol. The van der Waals surface area contributed by atoms with E-state index >= 15 is 0 Å². The highest BCUT2D eigenvalue weighted by Gasteiger charge is 2.09. The van der Waals surface area contributed by atoms with Gasteiger partial charge in [-0.05, 0) is 49.7 Å². The number of rotatable bonds is 1. The fourth-order valence-electron chi connectivity index (χ4n) is 2.18. The molecule has 0 bridgehead atoms. The maximum Gasteiger partial charge on any atom is 0.162 e. The van der Waals surface area contributed by atoms with Crippen LogP contribution in [0.15, 0.2) is 36.4 Å². The molecule has 0 aliphatic heterocycles. The van der Waals surface area contributed by atoms with Gasteiger partial charge in [-0.3, -0.25) is 0 Å². The number of hydrogen-bond donors (Lipinski definition) is 1. The lowest BCUT2D eigenvalue weighted by Gasteiger charge is -2.07. The summed E-state index contributed by atoms with van der Waals surface area (Å²) >= 11 is 0. The lowest BCUT2D eigenvalue weighted by atomic mass is 10.1. The van der Waals surface area contributed by atoms with E-state index in [2.05, 4.69) is 9.97 Å². The molecule has 0 aliphatic rings. The Balaban J connectivity index is 2.21. The first kappa shape index (κ1) is 12.5. The highest BCUT2D eigenvalue weighted by atomic mass is 19.1. The molecule has 0 amide bonds. The highest BCUT2D eigenvalue weighted by Crippen LogP contribution is 2.25. The van der Waals surface area contributed by atoms with Crippen LogP contribution in [0.1, 0.15) is 11.1 Å². The Morgan fingerprint density at radius 1 is 1.00 bits per heavy atom. The summed E-state index contributed by atoms with van der Waals surface area (Å²) < 4.78 is 13.3. The number of nitrogen functional groups attached to an aromatic ring is 1. The van der Waals surface area contributed by atoms with Gasteiger partial charge in [-0.25, -0.2) is 14.4 Å². The predicted molar refractivity (Wildman–Crippen MR) is 78.8 cm³/mol. The van der Waals surface area contributed by atoms with Gasteiger partial charge in [-0.2, -0.15) is 0 Å². The summed E-state index contributed by atoms with van der Waals surface area (Å²) in [5, 5.41) is 0.840. The van der Waals surface area contributed by atoms with Crippen LogP contribution in [0.4, 0.5) is 10.2 Å². The van der Waals surface area contributed by atoms with Crippen molar-refractivity contribution < 1.29 is 4.39 Å². The van der Waals surface area contributed by atoms with Gasteiger partial charge in [0.2, 0.25) is 0 Å². The van der Waals surface area contributed by atoms with E-state index in [-0.39, 0.29) is 5.82 Å². The summed E-state index contributed by atoms with van der Waals surface area (Å²) in [5.41, 5.74) is 9.23. The summed E-state index contributed by atoms with van der Waals surface area (Å²) in [4.78, 5) is 8.83. The summed E-state index contributed by atoms with van der Waals surface area (Å²) in [6.07, 6.45) is 0. The van der Waals surface area contributed by atoms with Crippen molar-refractivity contribution in [2.24, 2.45) is 0 Å². The first-order valence-corrected chi connectivity index (χ1v) is 6.35. The third-order valence-electron chi connectivity index (χ3n) is 3.30. The fourth-order valence-corrected chi connectivity index (χ4v) is 2.18. The first-order valence-electron chi connectivity index (χ1n) is 6.35. The van der Waals surface area contributed by atoms with Crippen molar-refractivity contribution in [3.63, 3.8) is 0 Å². The molecule has 0 aliphatic carbocycles. The molecule has 0 radical (unpaired) electrons. The second-order valence-corrected chi connectivity index (χ2v) is 4.92. The van der Waals surface area contributed by atoms with Crippen LogP contribution in [0, 0.1) is 19.7 Å². The Labute approximate surface area is 116 Å². The Morgan fingerprint density at radius 3 is 2.55 bits per heavy atom. The van der Waals surface area contributed by atoms with Gasteiger partial charge in [0.25, 0.3) is 0 Å². The van der Waals surface area contributed by atoms with Crippen LogP contribution < -0.4 is 5.73 Å². The lowest BCUT2D eigenvalue weighted by Crippen LogP contribution is -1.98. The maximum absolute atomic E-state index is 13.3. The van der Waals surface area contributed by atoms with Crippen LogP contribution in [0.5, 0.6) is 0 Å². The van der Waals surface area contributed by atoms with E-state index in [1.165, 1.54) is 6.07 Å². The summed E-state index contributed by atoms with van der Waals surface area (Å²) in [5.74, 6) is 0.718. The van der Waals surface area contributed by atoms with E-state index in [4.69, 9.17) is 5.73 Å². The predicted octanol–water partition coefficient (Wildman–Crippen LogP) is 3.63. The van der Waals surface area contributed by atoms with Gasteiger partial charge in [0.05, 0.1) is 5.52 Å². The number of nitrogens with zero attached hydrogens (tertiary/aromatic N) is 2. The van der Waals surface area contributed by atoms with E-state index in [1.54, 1.807) is 19.1 Å². The number of aryl methyl sites for hydroxylation is 2. The normalized spacial score (nSPS) is 10.9. The van der Waals surface area contributed by atoms with E-state index in [0.717, 1.165) is 22.0 Å². The van der Waals surface area contributed by atoms with E-state index < -0.39 is 0 Å². The Hall–Kier alpha value is -2.49. The molecule has 1 heterocycles. The van der Waals surface area contributed by atoms with Crippen LogP contribution in [-0.2, 0) is 0 Å². The molecule has 0 saturated carbocycles. The molecule has 3 nitrogen and oxygen atoms in total. The van der Waals surface area contributed by atoms with Gasteiger partial charge in [0.1, 0.15) is 11.6 Å². The second kappa shape index (κ2) is 4.56. The maximum atomic E-state index is 13.3. The van der Waals surface area contributed by atoms with Crippen molar-refractivity contribution in [1.29, 1.82) is 0 Å². The van der Waals surface area contributed by atoms with Crippen molar-refractivity contribution in [1.82, 2.24) is 9.97 Å². The second-order valence-electron chi connectivity index (χ2n) is 4.92. The largest absolute Gasteiger partial charge is 0.383 e. The topological polar surface area (TPSA) is 51.8 Å². The average Bonchev–Trinajstić information content (AvgIpc) is 2.42. The van der Waals surface area contributed by atoms with Gasteiger partial charge < -0.3 is 5.73 Å². The molecule has 20 heavy (non-hydrogen) atoms. The minimum absolute atomic E-state index is 0.238. The molecule has 0 fully saturated rings. The molecule has 0 atom stereocenters. The standard InChI is InChI=1S/C16H14FN3/c1-9-3-6-14-12(7-9)15(18)20-16(19-14)11-4-5-13(17)10(2)8-11/h3-8H,1-2H3,(H2,18,19,20). The molecular weight excluding hydrogens is 253 g/mol. The molecule has 2 aromatic carbocycles. The van der Waals surface area contributed by atoms with Crippen LogP contribution >= 0.6 is 0 Å². The van der Waals surface area contributed by atoms with Gasteiger partial charge in [-0.1, -0.05) is 11.6 Å². The molecular formula is C16H14FN3. The zero-order chi connectivity index (χ0) is 14.3. The SMILES string of the molecule is Cc1ccc2nc(-c3ccc(F)c(C)c3)nc(N)c2c1. The fraction of sp³-hybridized carbons (Fsp3) is 0.125.